The number of nitrogens with one attached hydrogen (secondary N) is 1. The van der Waals surface area contributed by atoms with E-state index >= 15 is 0 Å². The molecule has 1 aromatic heterocycles. The highest BCUT2D eigenvalue weighted by Crippen LogP contribution is 2.33. The van der Waals surface area contributed by atoms with Gasteiger partial charge >= 0.3 is 6.18 Å². The molecule has 0 aliphatic carbocycles. The summed E-state index contributed by atoms with van der Waals surface area (Å²) in [6.07, 6.45) is -3.66. The van der Waals surface area contributed by atoms with Crippen molar-refractivity contribution in [3.63, 3.8) is 0 Å². The summed E-state index contributed by atoms with van der Waals surface area (Å²) < 4.78 is 43.0. The smallest absolute Gasteiger partial charge is 0.417 e. The highest BCUT2D eigenvalue weighted by Gasteiger charge is 2.32. The van der Waals surface area contributed by atoms with E-state index in [4.69, 9.17) is 16.3 Å². The molecular weight excluding hydrogens is 361 g/mol. The van der Waals surface area contributed by atoms with Gasteiger partial charge in [-0.3, -0.25) is 14.9 Å². The van der Waals surface area contributed by atoms with E-state index in [1.165, 1.54) is 6.07 Å². The first-order valence-corrected chi connectivity index (χ1v) is 7.48. The molecule has 130 valence electrons. The fourth-order valence-corrected chi connectivity index (χ4v) is 2.66. The van der Waals surface area contributed by atoms with Gasteiger partial charge in [0.25, 0.3) is 11.8 Å². The Morgan fingerprint density at radius 1 is 1.20 bits per heavy atom. The van der Waals surface area contributed by atoms with Crippen molar-refractivity contribution in [3.8, 4) is 5.88 Å². The number of carbonyl (C=O) groups is 2. The van der Waals surface area contributed by atoms with Crippen LogP contribution in [0.1, 0.15) is 31.8 Å². The second-order valence-corrected chi connectivity index (χ2v) is 5.64. The minimum atomic E-state index is -4.54. The molecule has 3 rings (SSSR count). The van der Waals surface area contributed by atoms with Crippen LogP contribution in [0.5, 0.6) is 5.88 Å². The lowest BCUT2D eigenvalue weighted by Gasteiger charge is -2.11. The Kier molecular flexibility index (Phi) is 4.38. The number of imide groups is 1. The molecule has 25 heavy (non-hydrogen) atoms. The molecule has 0 spiro atoms. The van der Waals surface area contributed by atoms with Crippen molar-refractivity contribution >= 4 is 23.4 Å². The second-order valence-electron chi connectivity index (χ2n) is 5.23. The van der Waals surface area contributed by atoms with E-state index in [9.17, 15) is 22.8 Å². The Morgan fingerprint density at radius 2 is 1.96 bits per heavy atom. The largest absolute Gasteiger partial charge is 0.476 e. The number of ether oxygens (including phenoxy) is 1. The summed E-state index contributed by atoms with van der Waals surface area (Å²) in [5.74, 6) is -1.08. The van der Waals surface area contributed by atoms with Gasteiger partial charge in [0.1, 0.15) is 5.02 Å². The van der Waals surface area contributed by atoms with Crippen LogP contribution in [0.2, 0.25) is 5.02 Å². The monoisotopic (exact) mass is 370 g/mol. The van der Waals surface area contributed by atoms with E-state index in [0.717, 1.165) is 6.07 Å². The molecule has 0 unspecified atom stereocenters. The molecule has 9 heteroatoms. The van der Waals surface area contributed by atoms with Crippen LogP contribution in [-0.2, 0) is 12.6 Å². The first-order chi connectivity index (χ1) is 11.8. The zero-order valence-electron chi connectivity index (χ0n) is 12.5. The molecule has 0 bridgehead atoms. The van der Waals surface area contributed by atoms with Crippen LogP contribution in [0.4, 0.5) is 13.2 Å². The van der Waals surface area contributed by atoms with E-state index in [0.29, 0.717) is 11.8 Å². The summed E-state index contributed by atoms with van der Waals surface area (Å²) in [5, 5.41) is 1.94. The molecule has 0 saturated carbocycles. The Hall–Kier alpha value is -2.61. The SMILES string of the molecule is O=C1NC(=O)c2c(CCOc3ncc(C(F)(F)F)cc3Cl)cccc21. The molecule has 0 fully saturated rings. The zero-order valence-corrected chi connectivity index (χ0v) is 13.2. The van der Waals surface area contributed by atoms with Crippen LogP contribution in [0.3, 0.4) is 0 Å². The maximum Gasteiger partial charge on any atom is 0.417 e. The molecule has 1 N–H and O–H groups in total. The van der Waals surface area contributed by atoms with Crippen LogP contribution < -0.4 is 10.1 Å². The van der Waals surface area contributed by atoms with Gasteiger partial charge in [-0.2, -0.15) is 13.2 Å². The standard InChI is InChI=1S/C16H10ClF3N2O3/c17-11-6-9(16(18,19)20)7-21-15(11)25-5-4-8-2-1-3-10-12(8)14(24)22-13(10)23/h1-3,6-7H,4-5H2,(H,22,23,24). The molecule has 2 amide bonds. The van der Waals surface area contributed by atoms with Crippen LogP contribution >= 0.6 is 11.6 Å². The van der Waals surface area contributed by atoms with Crippen LogP contribution in [0.15, 0.2) is 30.5 Å². The number of aromatic nitrogens is 1. The lowest BCUT2D eigenvalue weighted by atomic mass is 10.0. The number of fused-ring (bicyclic) bond motifs is 1. The number of hydrogen-bond acceptors (Lipinski definition) is 4. The third-order valence-corrected chi connectivity index (χ3v) is 3.87. The van der Waals surface area contributed by atoms with Gasteiger partial charge in [-0.15, -0.1) is 0 Å². The molecule has 2 heterocycles. The quantitative estimate of drug-likeness (QED) is 0.839. The van der Waals surface area contributed by atoms with Crippen molar-refractivity contribution in [1.82, 2.24) is 10.3 Å². The first kappa shape index (κ1) is 17.2. The molecular formula is C16H10ClF3N2O3. The summed E-state index contributed by atoms with van der Waals surface area (Å²) in [5.41, 5.74) is 0.181. The van der Waals surface area contributed by atoms with E-state index in [-0.39, 0.29) is 35.1 Å². The summed E-state index contributed by atoms with van der Waals surface area (Å²) in [7, 11) is 0. The fraction of sp³-hybridized carbons (Fsp3) is 0.188. The average molecular weight is 371 g/mol. The molecule has 0 saturated heterocycles. The van der Waals surface area contributed by atoms with E-state index in [1.54, 1.807) is 12.1 Å². The molecule has 2 aromatic rings. The first-order valence-electron chi connectivity index (χ1n) is 7.10. The number of benzene rings is 1. The Bertz CT molecular complexity index is 868. The second kappa shape index (κ2) is 6.36. The number of amides is 2. The molecule has 0 radical (unpaired) electrons. The van der Waals surface area contributed by atoms with Gasteiger partial charge in [0.15, 0.2) is 0 Å². The van der Waals surface area contributed by atoms with Crippen molar-refractivity contribution in [2.75, 3.05) is 6.61 Å². The molecule has 1 aliphatic rings. The third-order valence-electron chi connectivity index (χ3n) is 3.59. The number of alkyl halides is 3. The van der Waals surface area contributed by atoms with E-state index < -0.39 is 23.6 Å². The number of rotatable bonds is 4. The van der Waals surface area contributed by atoms with Crippen LogP contribution in [-0.4, -0.2) is 23.4 Å². The summed E-state index contributed by atoms with van der Waals surface area (Å²) >= 11 is 5.76. The summed E-state index contributed by atoms with van der Waals surface area (Å²) in [6, 6.07) is 5.57. The lowest BCUT2D eigenvalue weighted by molar-refractivity contribution is -0.137. The Labute approximate surface area is 144 Å². The number of nitrogens with zero attached hydrogens (tertiary/aromatic N) is 1. The van der Waals surface area contributed by atoms with Gasteiger partial charge in [0.2, 0.25) is 5.88 Å². The highest BCUT2D eigenvalue weighted by atomic mass is 35.5. The zero-order chi connectivity index (χ0) is 18.2. The van der Waals surface area contributed by atoms with Gasteiger partial charge in [-0.05, 0) is 17.7 Å². The number of pyridine rings is 1. The number of carbonyl (C=O) groups excluding carboxylic acids is 2. The maximum absolute atomic E-state index is 12.6. The van der Waals surface area contributed by atoms with Gasteiger partial charge in [0, 0.05) is 12.6 Å². The van der Waals surface area contributed by atoms with E-state index in [2.05, 4.69) is 10.3 Å². The molecule has 1 aromatic carbocycles. The van der Waals surface area contributed by atoms with Crippen molar-refractivity contribution in [2.45, 2.75) is 12.6 Å². The minimum Gasteiger partial charge on any atom is -0.476 e. The highest BCUT2D eigenvalue weighted by molar-refractivity contribution is 6.31. The van der Waals surface area contributed by atoms with Crippen molar-refractivity contribution < 1.29 is 27.5 Å². The Balaban J connectivity index is 1.71. The van der Waals surface area contributed by atoms with Crippen LogP contribution in [0, 0.1) is 0 Å². The molecule has 0 atom stereocenters. The number of halogens is 4. The lowest BCUT2D eigenvalue weighted by Crippen LogP contribution is -2.20. The van der Waals surface area contributed by atoms with Gasteiger partial charge < -0.3 is 4.74 Å². The van der Waals surface area contributed by atoms with Crippen molar-refractivity contribution in [3.05, 3.63) is 57.7 Å². The summed E-state index contributed by atoms with van der Waals surface area (Å²) in [6.45, 7) is 0.0238. The van der Waals surface area contributed by atoms with Crippen molar-refractivity contribution in [2.24, 2.45) is 0 Å². The van der Waals surface area contributed by atoms with Gasteiger partial charge in [0.05, 0.1) is 23.3 Å². The predicted octanol–water partition coefficient (Wildman–Crippen LogP) is 3.26. The molecule has 1 aliphatic heterocycles. The maximum atomic E-state index is 12.6. The van der Waals surface area contributed by atoms with Crippen molar-refractivity contribution in [1.29, 1.82) is 0 Å². The minimum absolute atomic E-state index is 0.0238. The molecule has 5 nitrogen and oxygen atoms in total. The topological polar surface area (TPSA) is 68.3 Å². The van der Waals surface area contributed by atoms with Crippen LogP contribution in [0.25, 0.3) is 0 Å². The summed E-state index contributed by atoms with van der Waals surface area (Å²) in [4.78, 5) is 27.0. The predicted molar refractivity (Wildman–Crippen MR) is 81.7 cm³/mol. The normalized spacial score (nSPS) is 13.6. The van der Waals surface area contributed by atoms with Gasteiger partial charge in [-0.1, -0.05) is 23.7 Å². The van der Waals surface area contributed by atoms with E-state index in [1.807, 2.05) is 0 Å². The fourth-order valence-electron chi connectivity index (χ4n) is 2.44. The Morgan fingerprint density at radius 3 is 2.64 bits per heavy atom. The number of hydrogen-bond donors (Lipinski definition) is 1. The van der Waals surface area contributed by atoms with Gasteiger partial charge in [-0.25, -0.2) is 4.98 Å². The average Bonchev–Trinajstić information content (AvgIpc) is 2.83. The third kappa shape index (κ3) is 3.43.